The maximum atomic E-state index is 13.5. The molecule has 2 heterocycles. The maximum absolute atomic E-state index is 13.5. The molecule has 0 radical (unpaired) electrons. The van der Waals surface area contributed by atoms with Crippen molar-refractivity contribution in [2.75, 3.05) is 0 Å². The quantitative estimate of drug-likeness (QED) is 0.448. The summed E-state index contributed by atoms with van der Waals surface area (Å²) in [7, 11) is -3.85. The Kier molecular flexibility index (Phi) is 4.92. The summed E-state index contributed by atoms with van der Waals surface area (Å²) in [6.45, 7) is 0. The van der Waals surface area contributed by atoms with Gasteiger partial charge in [0, 0.05) is 23.8 Å². The fourth-order valence-electron chi connectivity index (χ4n) is 3.66. The Morgan fingerprint density at radius 1 is 0.871 bits per heavy atom. The van der Waals surface area contributed by atoms with Crippen LogP contribution in [-0.4, -0.2) is 28.5 Å². The van der Waals surface area contributed by atoms with E-state index in [2.05, 4.69) is 15.1 Å². The van der Waals surface area contributed by atoms with Gasteiger partial charge >= 0.3 is 0 Å². The lowest BCUT2D eigenvalue weighted by Gasteiger charge is -2.23. The average molecular weight is 449 g/mol. The van der Waals surface area contributed by atoms with Gasteiger partial charge in [0.25, 0.3) is 10.0 Å². The molecule has 0 N–H and O–H groups in total. The summed E-state index contributed by atoms with van der Waals surface area (Å²) in [5.74, 6) is 0. The van der Waals surface area contributed by atoms with Crippen molar-refractivity contribution in [3.63, 3.8) is 0 Å². The molecule has 1 atom stereocenters. The fourth-order valence-corrected chi connectivity index (χ4v) is 5.24. The van der Waals surface area contributed by atoms with Gasteiger partial charge in [0.2, 0.25) is 0 Å². The van der Waals surface area contributed by atoms with Gasteiger partial charge in [0.15, 0.2) is 0 Å². The van der Waals surface area contributed by atoms with Gasteiger partial charge in [-0.3, -0.25) is 9.97 Å². The SMILES string of the molecule is O=S(=O)(c1ccccc1)N1N=C(c2ccc(Cl)cc2)C[C@@H]1c1ccc2nccnc2c1. The normalized spacial score (nSPS) is 16.5. The molecule has 8 heteroatoms. The second-order valence-corrected chi connectivity index (χ2v) is 9.40. The highest BCUT2D eigenvalue weighted by atomic mass is 35.5. The molecular weight excluding hydrogens is 432 g/mol. The molecule has 5 rings (SSSR count). The number of rotatable bonds is 4. The molecule has 0 unspecified atom stereocenters. The lowest BCUT2D eigenvalue weighted by molar-refractivity contribution is 0.371. The molecule has 31 heavy (non-hydrogen) atoms. The van der Waals surface area contributed by atoms with Crippen molar-refractivity contribution < 1.29 is 8.42 Å². The highest BCUT2D eigenvalue weighted by Crippen LogP contribution is 2.37. The third kappa shape index (κ3) is 3.66. The van der Waals surface area contributed by atoms with Crippen molar-refractivity contribution in [1.29, 1.82) is 0 Å². The number of nitrogens with zero attached hydrogens (tertiary/aromatic N) is 4. The highest BCUT2D eigenvalue weighted by Gasteiger charge is 2.37. The van der Waals surface area contributed by atoms with Crippen LogP contribution in [0.4, 0.5) is 0 Å². The number of sulfonamides is 1. The number of hydrazone groups is 1. The van der Waals surface area contributed by atoms with E-state index in [-0.39, 0.29) is 4.90 Å². The third-order valence-electron chi connectivity index (χ3n) is 5.22. The lowest BCUT2D eigenvalue weighted by atomic mass is 9.99. The van der Waals surface area contributed by atoms with E-state index < -0.39 is 16.1 Å². The molecular formula is C23H17ClN4O2S. The second-order valence-electron chi connectivity index (χ2n) is 7.17. The van der Waals surface area contributed by atoms with Gasteiger partial charge in [0.1, 0.15) is 0 Å². The first-order chi connectivity index (χ1) is 15.0. The van der Waals surface area contributed by atoms with Crippen molar-refractivity contribution in [2.24, 2.45) is 5.10 Å². The van der Waals surface area contributed by atoms with E-state index >= 15 is 0 Å². The topological polar surface area (TPSA) is 75.5 Å². The van der Waals surface area contributed by atoms with Crippen LogP contribution in [-0.2, 0) is 10.0 Å². The molecule has 0 aliphatic carbocycles. The lowest BCUT2D eigenvalue weighted by Crippen LogP contribution is -2.27. The first-order valence-corrected chi connectivity index (χ1v) is 11.5. The van der Waals surface area contributed by atoms with Crippen LogP contribution in [0, 0.1) is 0 Å². The summed E-state index contributed by atoms with van der Waals surface area (Å²) >= 11 is 6.02. The van der Waals surface area contributed by atoms with E-state index in [9.17, 15) is 8.42 Å². The highest BCUT2D eigenvalue weighted by molar-refractivity contribution is 7.89. The first kappa shape index (κ1) is 19.7. The third-order valence-corrected chi connectivity index (χ3v) is 7.16. The van der Waals surface area contributed by atoms with Crippen LogP contribution >= 0.6 is 11.6 Å². The van der Waals surface area contributed by atoms with Crippen LogP contribution in [0.2, 0.25) is 5.02 Å². The van der Waals surface area contributed by atoms with Crippen LogP contribution in [0.25, 0.3) is 11.0 Å². The molecule has 0 saturated carbocycles. The number of hydrogen-bond acceptors (Lipinski definition) is 5. The zero-order chi connectivity index (χ0) is 21.4. The predicted octanol–water partition coefficient (Wildman–Crippen LogP) is 4.82. The van der Waals surface area contributed by atoms with Gasteiger partial charge < -0.3 is 0 Å². The zero-order valence-corrected chi connectivity index (χ0v) is 17.8. The van der Waals surface area contributed by atoms with Crippen molar-refractivity contribution in [1.82, 2.24) is 14.4 Å². The number of benzene rings is 3. The van der Waals surface area contributed by atoms with Crippen molar-refractivity contribution in [2.45, 2.75) is 17.4 Å². The van der Waals surface area contributed by atoms with Crippen LogP contribution < -0.4 is 0 Å². The molecule has 0 saturated heterocycles. The zero-order valence-electron chi connectivity index (χ0n) is 16.3. The monoisotopic (exact) mass is 448 g/mol. The molecule has 0 spiro atoms. The van der Waals surface area contributed by atoms with Crippen LogP contribution in [0.1, 0.15) is 23.6 Å². The predicted molar refractivity (Wildman–Crippen MR) is 120 cm³/mol. The van der Waals surface area contributed by atoms with Gasteiger partial charge in [-0.25, -0.2) is 0 Å². The average Bonchev–Trinajstić information content (AvgIpc) is 3.26. The molecule has 0 amide bonds. The Morgan fingerprint density at radius 2 is 1.58 bits per heavy atom. The van der Waals surface area contributed by atoms with E-state index in [0.29, 0.717) is 22.7 Å². The number of halogens is 1. The Labute approximate surface area is 184 Å². The van der Waals surface area contributed by atoms with Gasteiger partial charge in [-0.1, -0.05) is 48.0 Å². The first-order valence-electron chi connectivity index (χ1n) is 9.66. The van der Waals surface area contributed by atoms with Gasteiger partial charge in [0.05, 0.1) is 27.7 Å². The molecule has 1 aromatic heterocycles. The smallest absolute Gasteiger partial charge is 0.253 e. The molecule has 6 nitrogen and oxygen atoms in total. The Balaban J connectivity index is 1.62. The fraction of sp³-hybridized carbons (Fsp3) is 0.0870. The molecule has 0 fully saturated rings. The minimum atomic E-state index is -3.85. The van der Waals surface area contributed by atoms with E-state index in [1.54, 1.807) is 54.9 Å². The second kappa shape index (κ2) is 7.76. The molecule has 3 aromatic carbocycles. The van der Waals surface area contributed by atoms with Gasteiger partial charge in [-0.2, -0.15) is 17.9 Å². The minimum absolute atomic E-state index is 0.196. The standard InChI is InChI=1S/C23H17ClN4O2S/c24-18-9-6-16(7-10-18)21-15-23(17-8-11-20-22(14-17)26-13-12-25-20)28(27-21)31(29,30)19-4-2-1-3-5-19/h1-14,23H,15H2/t23-/m1/s1. The Hall–Kier alpha value is -3.29. The molecule has 4 aromatic rings. The largest absolute Gasteiger partial charge is 0.279 e. The number of fused-ring (bicyclic) bond motifs is 1. The Morgan fingerprint density at radius 3 is 2.32 bits per heavy atom. The van der Waals surface area contributed by atoms with Crippen molar-refractivity contribution in [3.8, 4) is 0 Å². The summed E-state index contributed by atoms with van der Waals surface area (Å²) in [6, 6.07) is 20.7. The van der Waals surface area contributed by atoms with E-state index in [0.717, 1.165) is 16.6 Å². The minimum Gasteiger partial charge on any atom is -0.253 e. The summed E-state index contributed by atoms with van der Waals surface area (Å²) in [6.07, 6.45) is 3.68. The molecule has 1 aliphatic rings. The van der Waals surface area contributed by atoms with Crippen LogP contribution in [0.5, 0.6) is 0 Å². The molecule has 0 bridgehead atoms. The van der Waals surface area contributed by atoms with E-state index in [4.69, 9.17) is 11.6 Å². The summed E-state index contributed by atoms with van der Waals surface area (Å²) in [5, 5.41) is 5.17. The summed E-state index contributed by atoms with van der Waals surface area (Å²) in [4.78, 5) is 8.86. The summed E-state index contributed by atoms with van der Waals surface area (Å²) < 4.78 is 28.2. The molecule has 1 aliphatic heterocycles. The summed E-state index contributed by atoms with van der Waals surface area (Å²) in [5.41, 5.74) is 3.78. The van der Waals surface area contributed by atoms with Crippen molar-refractivity contribution in [3.05, 3.63) is 101 Å². The van der Waals surface area contributed by atoms with Crippen molar-refractivity contribution >= 4 is 38.4 Å². The van der Waals surface area contributed by atoms with Crippen LogP contribution in [0.15, 0.2) is 95.2 Å². The number of hydrogen-bond donors (Lipinski definition) is 0. The van der Waals surface area contributed by atoms with E-state index in [1.165, 1.54) is 4.41 Å². The maximum Gasteiger partial charge on any atom is 0.279 e. The number of aromatic nitrogens is 2. The van der Waals surface area contributed by atoms with E-state index in [1.807, 2.05) is 30.3 Å². The molecule has 154 valence electrons. The van der Waals surface area contributed by atoms with Gasteiger partial charge in [-0.05, 0) is 47.5 Å². The van der Waals surface area contributed by atoms with Crippen LogP contribution in [0.3, 0.4) is 0 Å². The Bertz CT molecular complexity index is 1390. The van der Waals surface area contributed by atoms with Gasteiger partial charge in [-0.15, -0.1) is 0 Å².